The van der Waals surface area contributed by atoms with Crippen molar-refractivity contribution in [1.82, 2.24) is 9.55 Å². The van der Waals surface area contributed by atoms with Crippen molar-refractivity contribution in [2.24, 2.45) is 5.73 Å². The monoisotopic (exact) mass is 527 g/mol. The van der Waals surface area contributed by atoms with Crippen LogP contribution in [0.4, 0.5) is 4.79 Å². The van der Waals surface area contributed by atoms with E-state index in [-0.39, 0.29) is 0 Å². The van der Waals surface area contributed by atoms with Gasteiger partial charge in [-0.15, -0.1) is 0 Å². The first-order chi connectivity index (χ1) is 14.5. The molecule has 1 aliphatic heterocycles. The molecule has 6 atom stereocenters. The molecule has 0 aromatic carbocycles. The molecule has 22 heteroatoms. The lowest BCUT2D eigenvalue weighted by Gasteiger charge is -2.20. The molecule has 1 aromatic heterocycles. The number of carbonyl (C=O) groups is 1. The molecule has 1 saturated heterocycles. The van der Waals surface area contributed by atoms with Gasteiger partial charge in [0, 0.05) is 12.3 Å². The van der Waals surface area contributed by atoms with Crippen molar-refractivity contribution >= 4 is 29.6 Å². The van der Waals surface area contributed by atoms with E-state index in [1.54, 1.807) is 0 Å². The van der Waals surface area contributed by atoms with E-state index in [1.165, 1.54) is 0 Å². The van der Waals surface area contributed by atoms with Crippen LogP contribution in [0.15, 0.2) is 21.9 Å². The Morgan fingerprint density at radius 1 is 1.16 bits per heavy atom. The molecular weight excluding hydrogens is 511 g/mol. The maximum absolute atomic E-state index is 12.0. The van der Waals surface area contributed by atoms with Crippen LogP contribution in [-0.4, -0.2) is 65.2 Å². The average Bonchev–Trinajstić information content (AvgIpc) is 2.85. The van der Waals surface area contributed by atoms with E-state index in [9.17, 15) is 38.1 Å². The number of nitrogens with zero attached hydrogens (tertiary/aromatic N) is 1. The number of phosphoric acid groups is 3. The van der Waals surface area contributed by atoms with Crippen LogP contribution in [0.1, 0.15) is 6.23 Å². The third-order valence-electron chi connectivity index (χ3n) is 3.51. The first-order valence-corrected chi connectivity index (χ1v) is 12.4. The van der Waals surface area contributed by atoms with Crippen molar-refractivity contribution in [2.75, 3.05) is 6.61 Å². The van der Waals surface area contributed by atoms with Crippen molar-refractivity contribution < 1.29 is 65.8 Å². The standard InChI is InChI=1S/C10H16N3O16P3/c11-9(16)27-7-6(15)4(26-8(7)13-2-1-5(14)12-10(13)17)3-25-31(21,22)29-32(23,24)28-30(18,19)20/h1-2,4,6-8,15H,3H2,(H2,11,16)(H,21,22)(H,23,24)(H,12,14,17)(H2,18,19,20)/t4-,6-,7-,8-/m1/s1. The Hall–Kier alpha value is -1.72. The molecule has 2 rings (SSSR count). The maximum atomic E-state index is 12.0. The van der Waals surface area contributed by atoms with E-state index in [0.717, 1.165) is 12.3 Å². The molecule has 32 heavy (non-hydrogen) atoms. The van der Waals surface area contributed by atoms with Gasteiger partial charge in [0.25, 0.3) is 5.56 Å². The Kier molecular flexibility index (Phi) is 7.99. The number of aliphatic hydroxyl groups is 1. The van der Waals surface area contributed by atoms with Crippen LogP contribution in [0.3, 0.4) is 0 Å². The summed E-state index contributed by atoms with van der Waals surface area (Å²) in [5.41, 5.74) is 3.06. The Labute approximate surface area is 175 Å². The minimum absolute atomic E-state index is 0.684. The zero-order chi connectivity index (χ0) is 24.5. The lowest BCUT2D eigenvalue weighted by Crippen LogP contribution is -2.41. The summed E-state index contributed by atoms with van der Waals surface area (Å²) in [6.07, 6.45) is -7.32. The first kappa shape index (κ1) is 26.5. The number of primary amides is 1. The lowest BCUT2D eigenvalue weighted by molar-refractivity contribution is -0.0555. The topological polar surface area (TPSA) is 296 Å². The minimum Gasteiger partial charge on any atom is -0.439 e. The Balaban J connectivity index is 2.17. The van der Waals surface area contributed by atoms with Gasteiger partial charge in [0.15, 0.2) is 12.3 Å². The van der Waals surface area contributed by atoms with Gasteiger partial charge in [0.05, 0.1) is 6.61 Å². The van der Waals surface area contributed by atoms with Gasteiger partial charge in [0.2, 0.25) is 0 Å². The highest BCUT2D eigenvalue weighted by molar-refractivity contribution is 7.66. The SMILES string of the molecule is NC(=O)O[C@@H]1[C@H](O)[C@@H](COP(=O)(O)OP(=O)(O)OP(=O)(O)O)O[C@H]1n1ccc(=O)[nH]c1=O. The lowest BCUT2D eigenvalue weighted by atomic mass is 10.1. The molecule has 1 aliphatic rings. The van der Waals surface area contributed by atoms with E-state index >= 15 is 0 Å². The number of carbonyl (C=O) groups excluding carboxylic acids is 1. The van der Waals surface area contributed by atoms with Crippen LogP contribution < -0.4 is 17.0 Å². The molecule has 2 heterocycles. The number of aliphatic hydroxyl groups excluding tert-OH is 1. The summed E-state index contributed by atoms with van der Waals surface area (Å²) in [6.45, 7) is -1.11. The molecule has 19 nitrogen and oxygen atoms in total. The van der Waals surface area contributed by atoms with Gasteiger partial charge < -0.3 is 39.9 Å². The number of hydrogen-bond acceptors (Lipinski definition) is 12. The normalized spacial score (nSPS) is 27.4. The minimum atomic E-state index is -5.78. The number of hydrogen-bond donors (Lipinski definition) is 7. The van der Waals surface area contributed by atoms with E-state index in [2.05, 4.69) is 17.9 Å². The van der Waals surface area contributed by atoms with Gasteiger partial charge in [0.1, 0.15) is 12.2 Å². The van der Waals surface area contributed by atoms with Gasteiger partial charge in [-0.05, 0) is 0 Å². The van der Waals surface area contributed by atoms with E-state index in [1.807, 2.05) is 4.98 Å². The largest absolute Gasteiger partial charge is 0.490 e. The van der Waals surface area contributed by atoms with Crippen LogP contribution in [0.5, 0.6) is 0 Å². The second-order valence-electron chi connectivity index (χ2n) is 5.86. The third-order valence-corrected chi connectivity index (χ3v) is 7.31. The molecule has 0 radical (unpaired) electrons. The van der Waals surface area contributed by atoms with Crippen LogP contribution in [-0.2, 0) is 36.3 Å². The van der Waals surface area contributed by atoms with Crippen LogP contribution in [0.25, 0.3) is 0 Å². The first-order valence-electron chi connectivity index (χ1n) is 7.89. The van der Waals surface area contributed by atoms with E-state index in [4.69, 9.17) is 25.2 Å². The van der Waals surface area contributed by atoms with Gasteiger partial charge in [-0.1, -0.05) is 0 Å². The summed E-state index contributed by atoms with van der Waals surface area (Å²) in [6, 6.07) is 0.887. The smallest absolute Gasteiger partial charge is 0.439 e. The summed E-state index contributed by atoms with van der Waals surface area (Å²) in [7, 11) is -16.9. The van der Waals surface area contributed by atoms with Gasteiger partial charge in [-0.3, -0.25) is 18.9 Å². The Morgan fingerprint density at radius 3 is 2.31 bits per heavy atom. The Morgan fingerprint density at radius 2 is 1.78 bits per heavy atom. The highest BCUT2D eigenvalue weighted by atomic mass is 31.3. The summed E-state index contributed by atoms with van der Waals surface area (Å²) in [5, 5.41) is 10.3. The molecule has 0 aliphatic carbocycles. The number of rotatable bonds is 9. The molecule has 0 spiro atoms. The summed E-state index contributed by atoms with van der Waals surface area (Å²) < 4.78 is 55.7. The third kappa shape index (κ3) is 7.41. The molecule has 2 unspecified atom stereocenters. The summed E-state index contributed by atoms with van der Waals surface area (Å²) >= 11 is 0. The van der Waals surface area contributed by atoms with E-state index < -0.39 is 72.0 Å². The van der Waals surface area contributed by atoms with Gasteiger partial charge in [-0.2, -0.15) is 8.62 Å². The zero-order valence-corrected chi connectivity index (χ0v) is 17.9. The summed E-state index contributed by atoms with van der Waals surface area (Å²) in [5.74, 6) is 0. The highest BCUT2D eigenvalue weighted by Gasteiger charge is 2.49. The number of ether oxygens (including phenoxy) is 2. The molecule has 1 aromatic rings. The molecule has 182 valence electrons. The van der Waals surface area contributed by atoms with Crippen LogP contribution in [0.2, 0.25) is 0 Å². The number of phosphoric ester groups is 1. The van der Waals surface area contributed by atoms with Crippen LogP contribution >= 0.6 is 23.5 Å². The second kappa shape index (κ2) is 9.64. The molecule has 1 amide bonds. The van der Waals surface area contributed by atoms with Gasteiger partial charge in [-0.25, -0.2) is 23.3 Å². The van der Waals surface area contributed by atoms with Gasteiger partial charge >= 0.3 is 35.3 Å². The number of aromatic amines is 1. The van der Waals surface area contributed by atoms with Crippen molar-refractivity contribution in [3.05, 3.63) is 33.1 Å². The molecule has 0 bridgehead atoms. The van der Waals surface area contributed by atoms with Crippen molar-refractivity contribution in [3.63, 3.8) is 0 Å². The second-order valence-corrected chi connectivity index (χ2v) is 10.3. The fourth-order valence-electron chi connectivity index (χ4n) is 2.44. The number of nitrogens with two attached hydrogens (primary N) is 1. The fourth-order valence-corrected chi connectivity index (χ4v) is 5.47. The average molecular weight is 527 g/mol. The van der Waals surface area contributed by atoms with Crippen molar-refractivity contribution in [2.45, 2.75) is 24.5 Å². The quantitative estimate of drug-likeness (QED) is 0.165. The highest BCUT2D eigenvalue weighted by Crippen LogP contribution is 2.66. The molecule has 1 fully saturated rings. The fraction of sp³-hybridized carbons (Fsp3) is 0.500. The number of amides is 1. The predicted molar refractivity (Wildman–Crippen MR) is 95.5 cm³/mol. The van der Waals surface area contributed by atoms with E-state index in [0.29, 0.717) is 4.57 Å². The summed E-state index contributed by atoms with van der Waals surface area (Å²) in [4.78, 5) is 71.7. The van der Waals surface area contributed by atoms with Crippen molar-refractivity contribution in [1.29, 1.82) is 0 Å². The predicted octanol–water partition coefficient (Wildman–Crippen LogP) is -2.40. The molecule has 8 N–H and O–H groups in total. The zero-order valence-electron chi connectivity index (χ0n) is 15.3. The number of nitrogens with one attached hydrogen (secondary N) is 1. The number of aromatic nitrogens is 2. The molecule has 0 saturated carbocycles. The van der Waals surface area contributed by atoms with Crippen molar-refractivity contribution in [3.8, 4) is 0 Å². The Bertz CT molecular complexity index is 1110. The molecular formula is C10H16N3O16P3. The maximum Gasteiger partial charge on any atom is 0.490 e. The van der Waals surface area contributed by atoms with Crippen LogP contribution in [0, 0.1) is 0 Å². The number of H-pyrrole nitrogens is 1.